The van der Waals surface area contributed by atoms with Crippen molar-refractivity contribution in [2.75, 3.05) is 20.4 Å². The molecule has 0 fully saturated rings. The van der Waals surface area contributed by atoms with Crippen molar-refractivity contribution in [2.45, 2.75) is 26.6 Å². The fourth-order valence-electron chi connectivity index (χ4n) is 2.64. The molecule has 1 aliphatic rings. The molecule has 2 aromatic rings. The predicted octanol–water partition coefficient (Wildman–Crippen LogP) is 2.68. The minimum atomic E-state index is -2.96. The highest BCUT2D eigenvalue weighted by atomic mass is 19.3. The number of hydrogen-bond acceptors (Lipinski definition) is 6. The van der Waals surface area contributed by atoms with Gasteiger partial charge in [-0.25, -0.2) is 9.98 Å². The number of aromatic nitrogens is 1. The van der Waals surface area contributed by atoms with Gasteiger partial charge in [0.25, 0.3) is 0 Å². The summed E-state index contributed by atoms with van der Waals surface area (Å²) < 4.78 is 45.8. The number of rotatable bonds is 8. The summed E-state index contributed by atoms with van der Waals surface area (Å²) in [5.74, 6) is 1.84. The number of hydrogen-bond donors (Lipinski definition) is 2. The Morgan fingerprint density at radius 3 is 2.76 bits per heavy atom. The molecule has 1 aliphatic heterocycles. The van der Waals surface area contributed by atoms with Gasteiger partial charge in [-0.2, -0.15) is 8.78 Å². The van der Waals surface area contributed by atoms with E-state index in [0.717, 1.165) is 5.69 Å². The van der Waals surface area contributed by atoms with Gasteiger partial charge in [-0.15, -0.1) is 0 Å². The van der Waals surface area contributed by atoms with E-state index in [0.29, 0.717) is 42.0 Å². The van der Waals surface area contributed by atoms with Crippen LogP contribution in [0, 0.1) is 0 Å². The van der Waals surface area contributed by atoms with Crippen LogP contribution in [0.4, 0.5) is 8.78 Å². The zero-order valence-electron chi connectivity index (χ0n) is 16.1. The molecule has 0 radical (unpaired) electrons. The van der Waals surface area contributed by atoms with Crippen LogP contribution in [0.2, 0.25) is 0 Å². The fraction of sp³-hybridized carbons (Fsp3) is 0.368. The number of alkyl halides is 2. The summed E-state index contributed by atoms with van der Waals surface area (Å²) in [5.41, 5.74) is 1.21. The predicted molar refractivity (Wildman–Crippen MR) is 102 cm³/mol. The summed E-state index contributed by atoms with van der Waals surface area (Å²) in [7, 11) is 1.55. The first-order valence-electron chi connectivity index (χ1n) is 8.98. The van der Waals surface area contributed by atoms with Gasteiger partial charge in [0.05, 0.1) is 25.9 Å². The second kappa shape index (κ2) is 9.76. The second-order valence-corrected chi connectivity index (χ2v) is 5.91. The quantitative estimate of drug-likeness (QED) is 0.513. The van der Waals surface area contributed by atoms with Crippen LogP contribution < -0.4 is 29.6 Å². The van der Waals surface area contributed by atoms with Gasteiger partial charge in [0.15, 0.2) is 17.5 Å². The van der Waals surface area contributed by atoms with Crippen LogP contribution in [0.5, 0.6) is 23.1 Å². The molecule has 0 unspecified atom stereocenters. The number of ether oxygens (including phenoxy) is 4. The lowest BCUT2D eigenvalue weighted by Gasteiger charge is -2.13. The first-order valence-corrected chi connectivity index (χ1v) is 8.98. The van der Waals surface area contributed by atoms with E-state index in [2.05, 4.69) is 25.3 Å². The number of benzene rings is 1. The van der Waals surface area contributed by atoms with E-state index in [4.69, 9.17) is 14.2 Å². The minimum Gasteiger partial charge on any atom is -0.481 e. The van der Waals surface area contributed by atoms with E-state index >= 15 is 0 Å². The summed E-state index contributed by atoms with van der Waals surface area (Å²) in [6.45, 7) is 0.132. The molecule has 8 nitrogen and oxygen atoms in total. The number of fused-ring (bicyclic) bond motifs is 1. The number of nitrogens with one attached hydrogen (secondary N) is 2. The van der Waals surface area contributed by atoms with Crippen molar-refractivity contribution in [3.63, 3.8) is 0 Å². The number of methoxy groups -OCH3 is 1. The topological polar surface area (TPSA) is 86.2 Å². The molecule has 0 saturated heterocycles. The highest BCUT2D eigenvalue weighted by molar-refractivity contribution is 5.79. The largest absolute Gasteiger partial charge is 0.481 e. The zero-order valence-corrected chi connectivity index (χ0v) is 16.1. The van der Waals surface area contributed by atoms with Crippen molar-refractivity contribution in [1.82, 2.24) is 15.6 Å². The lowest BCUT2D eigenvalue weighted by atomic mass is 10.1. The van der Waals surface area contributed by atoms with Crippen molar-refractivity contribution in [1.29, 1.82) is 0 Å². The van der Waals surface area contributed by atoms with Gasteiger partial charge in [0.2, 0.25) is 12.7 Å². The van der Waals surface area contributed by atoms with Crippen LogP contribution in [0.25, 0.3) is 0 Å². The lowest BCUT2D eigenvalue weighted by Crippen LogP contribution is -2.37. The van der Waals surface area contributed by atoms with Crippen LogP contribution in [0.3, 0.4) is 0 Å². The fourth-order valence-corrected chi connectivity index (χ4v) is 2.64. The number of nitrogens with zero attached hydrogens (tertiary/aromatic N) is 2. The van der Waals surface area contributed by atoms with Crippen molar-refractivity contribution < 1.29 is 27.7 Å². The highest BCUT2D eigenvalue weighted by Gasteiger charge is 2.20. The molecule has 1 aromatic carbocycles. The molecule has 0 amide bonds. The molecule has 0 saturated carbocycles. The van der Waals surface area contributed by atoms with E-state index in [-0.39, 0.29) is 19.1 Å². The Kier molecular flexibility index (Phi) is 6.88. The Hall–Kier alpha value is -3.30. The maximum Gasteiger partial charge on any atom is 0.387 e. The van der Waals surface area contributed by atoms with Gasteiger partial charge in [-0.3, -0.25) is 0 Å². The third-order valence-electron chi connectivity index (χ3n) is 3.95. The average molecular weight is 408 g/mol. The monoisotopic (exact) mass is 408 g/mol. The van der Waals surface area contributed by atoms with Crippen LogP contribution in [0.15, 0.2) is 35.3 Å². The molecule has 0 spiro atoms. The van der Waals surface area contributed by atoms with Crippen molar-refractivity contribution >= 4 is 5.96 Å². The van der Waals surface area contributed by atoms with E-state index in [1.165, 1.54) is 6.07 Å². The van der Waals surface area contributed by atoms with Crippen molar-refractivity contribution in [3.05, 3.63) is 41.6 Å². The first-order chi connectivity index (χ1) is 14.1. The Labute approximate surface area is 166 Å². The minimum absolute atomic E-state index is 0.00156. The zero-order chi connectivity index (χ0) is 20.6. The van der Waals surface area contributed by atoms with Crippen molar-refractivity contribution in [3.8, 4) is 23.1 Å². The van der Waals surface area contributed by atoms with Gasteiger partial charge in [0.1, 0.15) is 5.75 Å². The summed E-state index contributed by atoms with van der Waals surface area (Å²) in [4.78, 5) is 8.78. The number of guanidine groups is 1. The van der Waals surface area contributed by atoms with E-state index < -0.39 is 6.61 Å². The van der Waals surface area contributed by atoms with Crippen LogP contribution in [0.1, 0.15) is 18.2 Å². The lowest BCUT2D eigenvalue weighted by molar-refractivity contribution is -0.0505. The van der Waals surface area contributed by atoms with Crippen LogP contribution in [-0.2, 0) is 13.1 Å². The van der Waals surface area contributed by atoms with Crippen molar-refractivity contribution in [2.24, 2.45) is 4.99 Å². The summed E-state index contributed by atoms with van der Waals surface area (Å²) in [5, 5.41) is 6.25. The number of aliphatic imine (C=N–C) groups is 1. The van der Waals surface area contributed by atoms with Gasteiger partial charge in [-0.05, 0) is 19.1 Å². The maximum absolute atomic E-state index is 12.8. The van der Waals surface area contributed by atoms with Crippen LogP contribution >= 0.6 is 0 Å². The Morgan fingerprint density at radius 1 is 1.24 bits per heavy atom. The molecule has 0 atom stereocenters. The molecule has 3 rings (SSSR count). The normalized spacial score (nSPS) is 12.8. The van der Waals surface area contributed by atoms with Gasteiger partial charge in [0, 0.05) is 24.2 Å². The average Bonchev–Trinajstić information content (AvgIpc) is 3.17. The van der Waals surface area contributed by atoms with Gasteiger partial charge in [-0.1, -0.05) is 6.07 Å². The maximum atomic E-state index is 12.8. The molecular formula is C19H22F2N4O4. The smallest absolute Gasteiger partial charge is 0.387 e. The summed E-state index contributed by atoms with van der Waals surface area (Å²) in [6.07, 6.45) is 0. The molecular weight excluding hydrogens is 386 g/mol. The molecule has 2 N–H and O–H groups in total. The van der Waals surface area contributed by atoms with E-state index in [1.807, 2.05) is 19.1 Å². The van der Waals surface area contributed by atoms with Crippen LogP contribution in [-0.4, -0.2) is 38.0 Å². The molecule has 0 bridgehead atoms. The van der Waals surface area contributed by atoms with Gasteiger partial charge < -0.3 is 29.6 Å². The third-order valence-corrected chi connectivity index (χ3v) is 3.95. The Balaban J connectivity index is 1.73. The Bertz CT molecular complexity index is 864. The Morgan fingerprint density at radius 2 is 2.03 bits per heavy atom. The molecule has 0 aliphatic carbocycles. The third kappa shape index (κ3) is 5.59. The second-order valence-electron chi connectivity index (χ2n) is 5.91. The first kappa shape index (κ1) is 20.4. The highest BCUT2D eigenvalue weighted by Crippen LogP contribution is 2.39. The molecule has 2 heterocycles. The number of halogens is 2. The standard InChI is InChI=1S/C19H22F2N4O4/c1-3-22-19(24-10-13-5-4-6-17(25-13)26-2)23-9-12-7-15-16(28-11-27-15)8-14(12)29-18(20)21/h4-8,18H,3,9-11H2,1-2H3,(H2,22,23,24). The van der Waals surface area contributed by atoms with E-state index in [1.54, 1.807) is 19.2 Å². The SMILES string of the molecule is CCNC(=NCc1cc2c(cc1OC(F)F)OCO2)NCc1cccc(OC)n1. The summed E-state index contributed by atoms with van der Waals surface area (Å²) in [6, 6.07) is 8.43. The molecule has 10 heteroatoms. The molecule has 156 valence electrons. The summed E-state index contributed by atoms with van der Waals surface area (Å²) >= 11 is 0. The molecule has 29 heavy (non-hydrogen) atoms. The number of pyridine rings is 1. The van der Waals surface area contributed by atoms with Gasteiger partial charge >= 0.3 is 6.61 Å². The molecule has 1 aromatic heterocycles. The van der Waals surface area contributed by atoms with E-state index in [9.17, 15) is 8.78 Å².